The Hall–Kier alpha value is -5.07. The summed E-state index contributed by atoms with van der Waals surface area (Å²) in [4.78, 5) is 44.0. The summed E-state index contributed by atoms with van der Waals surface area (Å²) in [6.07, 6.45) is 3.19. The monoisotopic (exact) mass is 493 g/mol. The van der Waals surface area contributed by atoms with Gasteiger partial charge in [0.2, 0.25) is 0 Å². The molecule has 9 nitrogen and oxygen atoms in total. The molecule has 2 heterocycles. The van der Waals surface area contributed by atoms with Crippen molar-refractivity contribution in [2.45, 2.75) is 6.92 Å². The number of hydrogen-bond acceptors (Lipinski definition) is 6. The molecule has 9 heteroatoms. The van der Waals surface area contributed by atoms with Crippen molar-refractivity contribution < 1.29 is 19.5 Å². The fourth-order valence-corrected chi connectivity index (χ4v) is 3.49. The molecule has 2 aromatic heterocycles. The minimum atomic E-state index is -0.964. The van der Waals surface area contributed by atoms with Gasteiger partial charge in [-0.25, -0.2) is 10.8 Å². The third-order valence-electron chi connectivity index (χ3n) is 5.66. The van der Waals surface area contributed by atoms with Gasteiger partial charge in [-0.05, 0) is 48.5 Å². The van der Waals surface area contributed by atoms with Crippen LogP contribution in [0.2, 0.25) is 0 Å². The second-order valence-electron chi connectivity index (χ2n) is 8.28. The standard InChI is InChI=1S/C28H23N5O4/c1-17(28(36)37)15-31-26(34)21-10-6-19(7-11-21)3-2-18-4-8-20(9-5-18)25-14-22(27(35)33-29)23-16-30-13-12-24(23)32-25/h4-14,16-17H,15,29H2,1H3,(H,31,34)(H,33,35)(H,36,37). The van der Waals surface area contributed by atoms with Gasteiger partial charge in [-0.15, -0.1) is 0 Å². The summed E-state index contributed by atoms with van der Waals surface area (Å²) in [5.41, 5.74) is 6.52. The number of nitrogens with one attached hydrogen (secondary N) is 2. The zero-order valence-corrected chi connectivity index (χ0v) is 19.9. The number of hydrazine groups is 1. The largest absolute Gasteiger partial charge is 0.481 e. The van der Waals surface area contributed by atoms with Crippen molar-refractivity contribution >= 4 is 28.7 Å². The van der Waals surface area contributed by atoms with Crippen molar-refractivity contribution in [2.75, 3.05) is 6.54 Å². The molecule has 2 amide bonds. The van der Waals surface area contributed by atoms with E-state index in [2.05, 4.69) is 32.6 Å². The van der Waals surface area contributed by atoms with Gasteiger partial charge in [-0.1, -0.05) is 30.9 Å². The lowest BCUT2D eigenvalue weighted by Crippen LogP contribution is -2.31. The number of pyridine rings is 2. The number of nitrogens with two attached hydrogens (primary N) is 1. The molecular formula is C28H23N5O4. The van der Waals surface area contributed by atoms with E-state index in [0.29, 0.717) is 27.7 Å². The summed E-state index contributed by atoms with van der Waals surface area (Å²) in [6, 6.07) is 17.6. The van der Waals surface area contributed by atoms with Crippen LogP contribution in [0.4, 0.5) is 0 Å². The summed E-state index contributed by atoms with van der Waals surface area (Å²) in [5, 5.41) is 12.1. The molecule has 0 fully saturated rings. The zero-order chi connectivity index (χ0) is 26.4. The number of hydrogen-bond donors (Lipinski definition) is 4. The maximum atomic E-state index is 12.3. The highest BCUT2D eigenvalue weighted by atomic mass is 16.4. The number of benzene rings is 2. The number of nitrogen functional groups attached to an aromatic ring is 1. The van der Waals surface area contributed by atoms with Crippen molar-refractivity contribution in [2.24, 2.45) is 11.8 Å². The average Bonchev–Trinajstić information content (AvgIpc) is 2.94. The van der Waals surface area contributed by atoms with E-state index in [0.717, 1.165) is 16.7 Å². The predicted octanol–water partition coefficient (Wildman–Crippen LogP) is 2.75. The number of carboxylic acids is 1. The van der Waals surface area contributed by atoms with Gasteiger partial charge in [0.15, 0.2) is 0 Å². The number of aliphatic carboxylic acids is 1. The van der Waals surface area contributed by atoms with E-state index in [4.69, 9.17) is 10.9 Å². The van der Waals surface area contributed by atoms with Crippen molar-refractivity contribution in [1.29, 1.82) is 0 Å². The van der Waals surface area contributed by atoms with Crippen LogP contribution in [0, 0.1) is 17.8 Å². The summed E-state index contributed by atoms with van der Waals surface area (Å²) < 4.78 is 0. The maximum Gasteiger partial charge on any atom is 0.308 e. The van der Waals surface area contributed by atoms with Gasteiger partial charge < -0.3 is 10.4 Å². The number of aromatic nitrogens is 2. The number of nitrogens with zero attached hydrogens (tertiary/aromatic N) is 2. The van der Waals surface area contributed by atoms with Crippen LogP contribution in [-0.2, 0) is 4.79 Å². The van der Waals surface area contributed by atoms with Gasteiger partial charge in [0.1, 0.15) is 0 Å². The van der Waals surface area contributed by atoms with E-state index in [1.807, 2.05) is 24.3 Å². The predicted molar refractivity (Wildman–Crippen MR) is 138 cm³/mol. The molecule has 0 bridgehead atoms. The smallest absolute Gasteiger partial charge is 0.308 e. The van der Waals surface area contributed by atoms with Gasteiger partial charge in [-0.2, -0.15) is 0 Å². The molecule has 37 heavy (non-hydrogen) atoms. The van der Waals surface area contributed by atoms with Gasteiger partial charge in [-0.3, -0.25) is 24.8 Å². The van der Waals surface area contributed by atoms with Crippen LogP contribution in [0.25, 0.3) is 22.2 Å². The first-order valence-corrected chi connectivity index (χ1v) is 11.3. The number of carbonyl (C=O) groups is 3. The van der Waals surface area contributed by atoms with Gasteiger partial charge in [0.05, 0.1) is 22.7 Å². The summed E-state index contributed by atoms with van der Waals surface area (Å²) in [6.45, 7) is 1.58. The zero-order valence-electron chi connectivity index (χ0n) is 19.9. The number of carbonyl (C=O) groups excluding carboxylic acids is 2. The summed E-state index contributed by atoms with van der Waals surface area (Å²) in [7, 11) is 0. The topological polar surface area (TPSA) is 147 Å². The molecule has 5 N–H and O–H groups in total. The molecular weight excluding hydrogens is 470 g/mol. The summed E-state index contributed by atoms with van der Waals surface area (Å²) in [5.74, 6) is 9.09. The van der Waals surface area contributed by atoms with Crippen LogP contribution in [-0.4, -0.2) is 39.4 Å². The lowest BCUT2D eigenvalue weighted by Gasteiger charge is -2.08. The van der Waals surface area contributed by atoms with Crippen LogP contribution in [0.15, 0.2) is 73.1 Å². The minimum Gasteiger partial charge on any atom is -0.481 e. The van der Waals surface area contributed by atoms with E-state index >= 15 is 0 Å². The lowest BCUT2D eigenvalue weighted by molar-refractivity contribution is -0.140. The van der Waals surface area contributed by atoms with Gasteiger partial charge in [0, 0.05) is 46.6 Å². The molecule has 0 aliphatic heterocycles. The molecule has 4 rings (SSSR count). The number of carboxylic acid groups (broad SMARTS) is 1. The highest BCUT2D eigenvalue weighted by Crippen LogP contribution is 2.24. The van der Waals surface area contributed by atoms with Crippen molar-refractivity contribution in [3.8, 4) is 23.1 Å². The van der Waals surface area contributed by atoms with Crippen LogP contribution in [0.3, 0.4) is 0 Å². The Morgan fingerprint density at radius 3 is 2.24 bits per heavy atom. The molecule has 2 aromatic carbocycles. The maximum absolute atomic E-state index is 12.3. The Bertz CT molecular complexity index is 1540. The van der Waals surface area contributed by atoms with Crippen LogP contribution in [0.1, 0.15) is 38.8 Å². The molecule has 1 atom stereocenters. The molecule has 0 radical (unpaired) electrons. The van der Waals surface area contributed by atoms with Crippen LogP contribution < -0.4 is 16.6 Å². The molecule has 0 aliphatic carbocycles. The minimum absolute atomic E-state index is 0.0547. The first-order chi connectivity index (χ1) is 17.9. The molecule has 184 valence electrons. The normalized spacial score (nSPS) is 11.2. The van der Waals surface area contributed by atoms with E-state index in [9.17, 15) is 14.4 Å². The Morgan fingerprint density at radius 2 is 1.62 bits per heavy atom. The average molecular weight is 494 g/mol. The Labute approximate surface area is 212 Å². The third kappa shape index (κ3) is 5.96. The van der Waals surface area contributed by atoms with E-state index in [-0.39, 0.29) is 12.5 Å². The molecule has 0 saturated carbocycles. The highest BCUT2D eigenvalue weighted by Gasteiger charge is 2.14. The Balaban J connectivity index is 1.48. The molecule has 0 saturated heterocycles. The SMILES string of the molecule is CC(CNC(=O)c1ccc(C#Cc2ccc(-c3cc(C(=O)NN)c4cnccc4n3)cc2)cc1)C(=O)O. The van der Waals surface area contributed by atoms with E-state index in [1.54, 1.807) is 48.8 Å². The van der Waals surface area contributed by atoms with E-state index < -0.39 is 17.8 Å². The summed E-state index contributed by atoms with van der Waals surface area (Å²) >= 11 is 0. The number of amides is 2. The van der Waals surface area contributed by atoms with Gasteiger partial charge in [0.25, 0.3) is 11.8 Å². The lowest BCUT2D eigenvalue weighted by atomic mass is 10.0. The van der Waals surface area contributed by atoms with Crippen molar-refractivity contribution in [3.05, 3.63) is 95.3 Å². The molecule has 4 aromatic rings. The fourth-order valence-electron chi connectivity index (χ4n) is 3.49. The first kappa shape index (κ1) is 25.0. The third-order valence-corrected chi connectivity index (χ3v) is 5.66. The van der Waals surface area contributed by atoms with Crippen molar-refractivity contribution in [3.63, 3.8) is 0 Å². The highest BCUT2D eigenvalue weighted by molar-refractivity contribution is 6.06. The number of rotatable bonds is 6. The van der Waals surface area contributed by atoms with Gasteiger partial charge >= 0.3 is 5.97 Å². The van der Waals surface area contributed by atoms with Crippen LogP contribution >= 0.6 is 0 Å². The second kappa shape index (κ2) is 11.1. The second-order valence-corrected chi connectivity index (χ2v) is 8.28. The fraction of sp³-hybridized carbons (Fsp3) is 0.107. The Kier molecular flexibility index (Phi) is 7.52. The quantitative estimate of drug-likeness (QED) is 0.140. The Morgan fingerprint density at radius 1 is 0.973 bits per heavy atom. The molecule has 1 unspecified atom stereocenters. The van der Waals surface area contributed by atoms with Crippen LogP contribution in [0.5, 0.6) is 0 Å². The molecule has 0 aliphatic rings. The molecule has 0 spiro atoms. The van der Waals surface area contributed by atoms with Crippen molar-refractivity contribution in [1.82, 2.24) is 20.7 Å². The first-order valence-electron chi connectivity index (χ1n) is 11.3. The number of fused-ring (bicyclic) bond motifs is 1. The van der Waals surface area contributed by atoms with E-state index in [1.165, 1.54) is 6.92 Å².